The van der Waals surface area contributed by atoms with Gasteiger partial charge in [-0.3, -0.25) is 0 Å². The van der Waals surface area contributed by atoms with Gasteiger partial charge in [-0.25, -0.2) is 0 Å². The smallest absolute Gasteiger partial charge is 0.252 e. The maximum atomic E-state index is 9.52. The van der Waals surface area contributed by atoms with E-state index in [4.69, 9.17) is 4.42 Å². The number of aryl methyl sites for hydroxylation is 2. The van der Waals surface area contributed by atoms with Crippen molar-refractivity contribution in [3.8, 4) is 0 Å². The molecule has 2 aliphatic carbocycles. The van der Waals surface area contributed by atoms with Gasteiger partial charge in [-0.05, 0) is 217 Å². The van der Waals surface area contributed by atoms with Crippen molar-refractivity contribution in [1.82, 2.24) is 0 Å². The lowest BCUT2D eigenvalue weighted by Gasteiger charge is -2.48. The Labute approximate surface area is 501 Å². The van der Waals surface area contributed by atoms with E-state index < -0.39 is 12.3 Å². The highest BCUT2D eigenvalue weighted by atomic mass is 16.3. The third-order valence-electron chi connectivity index (χ3n) is 20.2. The zero-order valence-corrected chi connectivity index (χ0v) is 52.9. The summed E-state index contributed by atoms with van der Waals surface area (Å²) in [5.74, 6) is 0. The second-order valence-electron chi connectivity index (χ2n) is 31.1. The van der Waals surface area contributed by atoms with E-state index in [2.05, 4.69) is 261 Å². The predicted molar refractivity (Wildman–Crippen MR) is 359 cm³/mol. The highest BCUT2D eigenvalue weighted by Gasteiger charge is 2.48. The summed E-state index contributed by atoms with van der Waals surface area (Å²) in [7, 11) is 0. The number of fused-ring (bicyclic) bond motifs is 9. The van der Waals surface area contributed by atoms with Crippen molar-refractivity contribution in [2.75, 3.05) is 14.7 Å². The topological polar surface area (TPSA) is 22.9 Å². The standard InChI is InChI=1S/C78H88BN3O/c1-47-40-66-70-67(41-47)82(63-45-58-56(42-48(63)2)75(12,13)36-38-77(58,16)17)65-46-59-57(76(14,15)37-39-78(59,18)19)44-61(65)79(70)60-34-32-53(80(51-28-24-49(25-29-51)72(3,4)5)52-30-26-50(27-31-52)73(6,7)8)43-64(60)81(66)62-35-33-55-54-22-20-21-23-68(54)83-71(55)69(62)74(9,10)11/h20-35,40-46H,36-39H2,1-19H3/i1D3. The van der Waals surface area contributed by atoms with Crippen LogP contribution in [0.4, 0.5) is 51.2 Å². The summed E-state index contributed by atoms with van der Waals surface area (Å²) < 4.78 is 35.6. The molecule has 0 unspecified atom stereocenters. The van der Waals surface area contributed by atoms with Gasteiger partial charge in [0.25, 0.3) is 6.71 Å². The maximum Gasteiger partial charge on any atom is 0.252 e. The van der Waals surface area contributed by atoms with Crippen LogP contribution in [0, 0.1) is 13.8 Å². The molecule has 0 saturated heterocycles. The van der Waals surface area contributed by atoms with Crippen LogP contribution >= 0.6 is 0 Å². The van der Waals surface area contributed by atoms with Crippen molar-refractivity contribution < 1.29 is 8.53 Å². The molecule has 0 amide bonds. The number of hydrogen-bond donors (Lipinski definition) is 0. The van der Waals surface area contributed by atoms with Gasteiger partial charge in [0.1, 0.15) is 11.2 Å². The number of hydrogen-bond acceptors (Lipinski definition) is 4. The van der Waals surface area contributed by atoms with E-state index in [0.29, 0.717) is 5.56 Å². The van der Waals surface area contributed by atoms with Crippen LogP contribution in [0.1, 0.15) is 198 Å². The highest BCUT2D eigenvalue weighted by Crippen LogP contribution is 2.55. The zero-order chi connectivity index (χ0) is 61.5. The first-order chi connectivity index (χ1) is 40.0. The van der Waals surface area contributed by atoms with Crippen LogP contribution in [-0.4, -0.2) is 6.71 Å². The zero-order valence-electron chi connectivity index (χ0n) is 55.9. The lowest BCUT2D eigenvalue weighted by atomic mass is 9.33. The first-order valence-electron chi connectivity index (χ1n) is 32.3. The number of benzene rings is 8. The second-order valence-corrected chi connectivity index (χ2v) is 31.1. The molecule has 0 N–H and O–H groups in total. The van der Waals surface area contributed by atoms with Gasteiger partial charge in [0.2, 0.25) is 0 Å². The average Bonchev–Trinajstić information content (AvgIpc) is 0.703. The van der Waals surface area contributed by atoms with E-state index in [1.165, 1.54) is 49.9 Å². The quantitative estimate of drug-likeness (QED) is 0.160. The Morgan fingerprint density at radius 3 is 1.47 bits per heavy atom. The molecule has 0 bridgehead atoms. The number of anilines is 9. The van der Waals surface area contributed by atoms with Gasteiger partial charge in [0.05, 0.1) is 5.69 Å². The largest absolute Gasteiger partial charge is 0.456 e. The van der Waals surface area contributed by atoms with Gasteiger partial charge >= 0.3 is 0 Å². The summed E-state index contributed by atoms with van der Waals surface area (Å²) in [6.07, 6.45) is 4.34. The van der Waals surface area contributed by atoms with Gasteiger partial charge in [-0.15, -0.1) is 0 Å². The minimum absolute atomic E-state index is 0.00414. The fraction of sp³-hybridized carbons (Fsp3) is 0.385. The van der Waals surface area contributed by atoms with Crippen LogP contribution in [0.15, 0.2) is 144 Å². The summed E-state index contributed by atoms with van der Waals surface area (Å²) in [6, 6.07) is 52.4. The molecule has 8 aromatic carbocycles. The normalized spacial score (nSPS) is 18.1. The fourth-order valence-corrected chi connectivity index (χ4v) is 15.0. The van der Waals surface area contributed by atoms with E-state index >= 15 is 0 Å². The average molecular weight is 1100 g/mol. The Balaban J connectivity index is 1.18. The maximum absolute atomic E-state index is 9.52. The van der Waals surface area contributed by atoms with Crippen LogP contribution < -0.4 is 31.1 Å². The third-order valence-corrected chi connectivity index (χ3v) is 20.2. The van der Waals surface area contributed by atoms with Crippen LogP contribution in [0.3, 0.4) is 0 Å². The lowest BCUT2D eigenvalue weighted by molar-refractivity contribution is 0.331. The van der Waals surface area contributed by atoms with Crippen LogP contribution in [-0.2, 0) is 37.9 Å². The predicted octanol–water partition coefficient (Wildman–Crippen LogP) is 20.3. The van der Waals surface area contributed by atoms with Crippen molar-refractivity contribution in [2.45, 2.75) is 195 Å². The minimum Gasteiger partial charge on any atom is -0.456 e. The lowest BCUT2D eigenvalue weighted by Crippen LogP contribution is -2.62. The molecule has 0 atom stereocenters. The third kappa shape index (κ3) is 8.73. The first kappa shape index (κ1) is 51.6. The van der Waals surface area contributed by atoms with Crippen LogP contribution in [0.2, 0.25) is 0 Å². The van der Waals surface area contributed by atoms with E-state index in [9.17, 15) is 4.11 Å². The summed E-state index contributed by atoms with van der Waals surface area (Å²) in [5.41, 5.74) is 24.2. The van der Waals surface area contributed by atoms with Crippen LogP contribution in [0.5, 0.6) is 0 Å². The van der Waals surface area contributed by atoms with Crippen molar-refractivity contribution in [2.24, 2.45) is 0 Å². The van der Waals surface area contributed by atoms with Crippen molar-refractivity contribution in [3.63, 3.8) is 0 Å². The molecule has 424 valence electrons. The molecule has 1 aromatic heterocycles. The van der Waals surface area contributed by atoms with Gasteiger partial charge in [0, 0.05) is 65.9 Å². The molecule has 0 saturated carbocycles. The molecule has 4 aliphatic rings. The Kier molecular flexibility index (Phi) is 11.4. The number of furan rings is 1. The van der Waals surface area contributed by atoms with Crippen molar-refractivity contribution >= 4 is 96.2 Å². The molecule has 13 rings (SSSR count). The molecule has 0 fully saturated rings. The van der Waals surface area contributed by atoms with E-state index in [1.807, 2.05) is 18.2 Å². The van der Waals surface area contributed by atoms with Gasteiger partial charge in [0.15, 0.2) is 0 Å². The highest BCUT2D eigenvalue weighted by molar-refractivity contribution is 7.00. The molecule has 0 radical (unpaired) electrons. The van der Waals surface area contributed by atoms with Gasteiger partial charge in [-0.2, -0.15) is 0 Å². The van der Waals surface area contributed by atoms with Gasteiger partial charge < -0.3 is 19.1 Å². The second kappa shape index (κ2) is 18.3. The molecular formula is C78H88BN3O. The Morgan fingerprint density at radius 2 is 0.940 bits per heavy atom. The fourth-order valence-electron chi connectivity index (χ4n) is 15.0. The molecule has 0 spiro atoms. The monoisotopic (exact) mass is 1100 g/mol. The first-order valence-corrected chi connectivity index (χ1v) is 30.8. The SMILES string of the molecule is [2H]C([2H])([2H])c1cc2c3c(c1)N(c1ccc4c(oc5ccccc54)c1C(C)(C)C)c1cc(N(c4ccc(C(C)(C)C)cc4)c4ccc(C(C)(C)C)cc4)ccc1B3c1cc3c(cc1N2c1cc2c(cc1C)C(C)(C)CCC2(C)C)C(C)(C)CCC3(C)C. The summed E-state index contributed by atoms with van der Waals surface area (Å²) >= 11 is 0. The summed E-state index contributed by atoms with van der Waals surface area (Å²) in [6.45, 7) is 39.4. The van der Waals surface area contributed by atoms with Crippen molar-refractivity contribution in [3.05, 3.63) is 190 Å². The molecule has 9 aromatic rings. The number of nitrogens with zero attached hydrogens (tertiary/aromatic N) is 3. The van der Waals surface area contributed by atoms with Crippen molar-refractivity contribution in [1.29, 1.82) is 0 Å². The Hall–Kier alpha value is -6.98. The van der Waals surface area contributed by atoms with E-state index in [1.54, 1.807) is 0 Å². The molecule has 83 heavy (non-hydrogen) atoms. The Bertz CT molecular complexity index is 4190. The van der Waals surface area contributed by atoms with Crippen LogP contribution in [0.25, 0.3) is 21.9 Å². The number of para-hydroxylation sites is 1. The molecule has 3 heterocycles. The minimum atomic E-state index is -2.45. The van der Waals surface area contributed by atoms with E-state index in [-0.39, 0.29) is 39.2 Å². The Morgan fingerprint density at radius 1 is 0.458 bits per heavy atom. The molecule has 2 aliphatic heterocycles. The molecule has 5 heteroatoms. The summed E-state index contributed by atoms with van der Waals surface area (Å²) in [5, 5.41) is 2.13. The van der Waals surface area contributed by atoms with Gasteiger partial charge in [-0.1, -0.05) is 178 Å². The van der Waals surface area contributed by atoms with E-state index in [0.717, 1.165) is 110 Å². The molecular weight excluding hydrogens is 1010 g/mol. The number of rotatable bonds is 5. The molecule has 4 nitrogen and oxygen atoms in total. The summed E-state index contributed by atoms with van der Waals surface area (Å²) in [4.78, 5) is 7.36.